The van der Waals surface area contributed by atoms with Crippen LogP contribution in [0.4, 0.5) is 10.5 Å². The number of amides is 1. The summed E-state index contributed by atoms with van der Waals surface area (Å²) in [6.45, 7) is 5.26. The summed E-state index contributed by atoms with van der Waals surface area (Å²) >= 11 is 0. The van der Waals surface area contributed by atoms with Crippen LogP contribution in [0.15, 0.2) is 18.2 Å². The fraction of sp³-hybridized carbons (Fsp3) is 0.467. The highest BCUT2D eigenvalue weighted by Gasteiger charge is 2.34. The van der Waals surface area contributed by atoms with E-state index in [0.717, 1.165) is 0 Å². The van der Waals surface area contributed by atoms with Crippen molar-refractivity contribution in [1.82, 2.24) is 0 Å². The monoisotopic (exact) mass is 293 g/mol. The van der Waals surface area contributed by atoms with Gasteiger partial charge in [0.15, 0.2) is 0 Å². The molecule has 2 N–H and O–H groups in total. The average molecular weight is 293 g/mol. The van der Waals surface area contributed by atoms with Crippen LogP contribution in [-0.4, -0.2) is 34.4 Å². The molecule has 1 aromatic rings. The summed E-state index contributed by atoms with van der Waals surface area (Å²) < 4.78 is 5.31. The van der Waals surface area contributed by atoms with E-state index in [9.17, 15) is 19.8 Å². The Balaban J connectivity index is 2.37. The Kier molecular flexibility index (Phi) is 3.80. The van der Waals surface area contributed by atoms with Gasteiger partial charge in [0.1, 0.15) is 11.4 Å². The van der Waals surface area contributed by atoms with Crippen molar-refractivity contribution < 1.29 is 24.5 Å². The summed E-state index contributed by atoms with van der Waals surface area (Å²) in [5.74, 6) is -1.62. The Hall–Kier alpha value is -2.24. The molecule has 0 spiro atoms. The third kappa shape index (κ3) is 3.45. The van der Waals surface area contributed by atoms with Crippen LogP contribution in [0, 0.1) is 5.92 Å². The van der Waals surface area contributed by atoms with E-state index in [1.807, 2.05) is 0 Å². The number of aromatic hydroxyl groups is 1. The quantitative estimate of drug-likeness (QED) is 0.830. The maximum atomic E-state index is 12.3. The van der Waals surface area contributed by atoms with Crippen molar-refractivity contribution in [2.45, 2.75) is 32.8 Å². The van der Waals surface area contributed by atoms with Crippen molar-refractivity contribution >= 4 is 17.7 Å². The number of carbonyl (C=O) groups excluding carboxylic acids is 1. The minimum absolute atomic E-state index is 0.0242. The number of nitrogens with zero attached hydrogens (tertiary/aromatic N) is 1. The van der Waals surface area contributed by atoms with E-state index in [-0.39, 0.29) is 12.3 Å². The number of carboxylic acids is 1. The zero-order chi connectivity index (χ0) is 15.8. The Morgan fingerprint density at radius 3 is 2.57 bits per heavy atom. The van der Waals surface area contributed by atoms with E-state index in [1.165, 1.54) is 17.0 Å². The van der Waals surface area contributed by atoms with Crippen LogP contribution in [0.25, 0.3) is 0 Å². The highest BCUT2D eigenvalue weighted by atomic mass is 16.6. The first kappa shape index (κ1) is 15.2. The van der Waals surface area contributed by atoms with E-state index in [2.05, 4.69) is 0 Å². The Morgan fingerprint density at radius 1 is 1.33 bits per heavy atom. The summed E-state index contributed by atoms with van der Waals surface area (Å²) in [4.78, 5) is 24.8. The number of rotatable bonds is 1. The second-order valence-electron chi connectivity index (χ2n) is 6.14. The van der Waals surface area contributed by atoms with Gasteiger partial charge in [-0.05, 0) is 38.8 Å². The number of hydrogen-bond donors (Lipinski definition) is 2. The summed E-state index contributed by atoms with van der Waals surface area (Å²) in [5, 5.41) is 18.8. The van der Waals surface area contributed by atoms with Crippen molar-refractivity contribution in [3.05, 3.63) is 23.8 Å². The number of ether oxygens (including phenoxy) is 1. The third-order valence-electron chi connectivity index (χ3n) is 3.19. The Bertz CT molecular complexity index is 576. The number of phenols is 1. The SMILES string of the molecule is CC(C)(C)OC(=O)N1CC(C(=O)O)Cc2ccc(O)cc21. The maximum Gasteiger partial charge on any atom is 0.414 e. The van der Waals surface area contributed by atoms with E-state index < -0.39 is 23.6 Å². The molecule has 0 aromatic heterocycles. The Labute approximate surface area is 122 Å². The fourth-order valence-corrected chi connectivity index (χ4v) is 2.28. The molecule has 0 bridgehead atoms. The number of aliphatic carboxylic acids is 1. The van der Waals surface area contributed by atoms with Gasteiger partial charge in [-0.1, -0.05) is 6.07 Å². The molecule has 1 aliphatic heterocycles. The molecule has 0 fully saturated rings. The molecule has 1 aliphatic rings. The lowest BCUT2D eigenvalue weighted by atomic mass is 9.92. The first-order valence-corrected chi connectivity index (χ1v) is 6.72. The lowest BCUT2D eigenvalue weighted by Gasteiger charge is -2.34. The van der Waals surface area contributed by atoms with Gasteiger partial charge in [-0.25, -0.2) is 4.79 Å². The van der Waals surface area contributed by atoms with Gasteiger partial charge in [-0.15, -0.1) is 0 Å². The number of phenolic OH excluding ortho intramolecular Hbond substituents is 1. The molecule has 1 aromatic carbocycles. The summed E-state index contributed by atoms with van der Waals surface area (Å²) in [7, 11) is 0. The molecule has 0 saturated carbocycles. The molecule has 0 radical (unpaired) electrons. The van der Waals surface area contributed by atoms with Crippen LogP contribution in [0.3, 0.4) is 0 Å². The molecule has 6 heteroatoms. The molecule has 6 nitrogen and oxygen atoms in total. The van der Waals surface area contributed by atoms with Crippen LogP contribution >= 0.6 is 0 Å². The lowest BCUT2D eigenvalue weighted by molar-refractivity contribution is -0.141. The third-order valence-corrected chi connectivity index (χ3v) is 3.19. The minimum Gasteiger partial charge on any atom is -0.508 e. The van der Waals surface area contributed by atoms with E-state index in [1.54, 1.807) is 26.8 Å². The molecule has 1 unspecified atom stereocenters. The van der Waals surface area contributed by atoms with Crippen molar-refractivity contribution in [3.63, 3.8) is 0 Å². The van der Waals surface area contributed by atoms with Crippen molar-refractivity contribution in [1.29, 1.82) is 0 Å². The number of hydrogen-bond acceptors (Lipinski definition) is 4. The molecule has 1 heterocycles. The predicted molar refractivity (Wildman–Crippen MR) is 76.5 cm³/mol. The van der Waals surface area contributed by atoms with Crippen LogP contribution in [-0.2, 0) is 16.0 Å². The first-order chi connectivity index (χ1) is 9.67. The standard InChI is InChI=1S/C15H19NO5/c1-15(2,3)21-14(20)16-8-10(13(18)19)6-9-4-5-11(17)7-12(9)16/h4-5,7,10,17H,6,8H2,1-3H3,(H,18,19). The summed E-state index contributed by atoms with van der Waals surface area (Å²) in [6, 6.07) is 4.57. The molecule has 0 saturated heterocycles. The zero-order valence-electron chi connectivity index (χ0n) is 12.3. The molecule has 21 heavy (non-hydrogen) atoms. The molecule has 1 amide bonds. The molecule has 2 rings (SSSR count). The topological polar surface area (TPSA) is 87.1 Å². The van der Waals surface area contributed by atoms with E-state index in [4.69, 9.17) is 4.74 Å². The molecule has 1 atom stereocenters. The van der Waals surface area contributed by atoms with Gasteiger partial charge in [0.05, 0.1) is 11.6 Å². The van der Waals surface area contributed by atoms with Crippen molar-refractivity contribution in [2.75, 3.05) is 11.4 Å². The van der Waals surface area contributed by atoms with Gasteiger partial charge >= 0.3 is 12.1 Å². The smallest absolute Gasteiger partial charge is 0.414 e. The van der Waals surface area contributed by atoms with Crippen LogP contribution in [0.5, 0.6) is 5.75 Å². The molecule has 0 aliphatic carbocycles. The molecule has 114 valence electrons. The predicted octanol–water partition coefficient (Wildman–Crippen LogP) is 2.39. The first-order valence-electron chi connectivity index (χ1n) is 6.72. The second-order valence-corrected chi connectivity index (χ2v) is 6.14. The highest BCUT2D eigenvalue weighted by Crippen LogP contribution is 2.33. The van der Waals surface area contributed by atoms with Gasteiger partial charge < -0.3 is 14.9 Å². The van der Waals surface area contributed by atoms with Crippen LogP contribution in [0.2, 0.25) is 0 Å². The highest BCUT2D eigenvalue weighted by molar-refractivity contribution is 5.91. The van der Waals surface area contributed by atoms with Gasteiger partial charge in [-0.3, -0.25) is 9.69 Å². The van der Waals surface area contributed by atoms with Gasteiger partial charge in [-0.2, -0.15) is 0 Å². The van der Waals surface area contributed by atoms with Crippen molar-refractivity contribution in [3.8, 4) is 5.75 Å². The van der Waals surface area contributed by atoms with Crippen LogP contribution in [0.1, 0.15) is 26.3 Å². The summed E-state index contributed by atoms with van der Waals surface area (Å²) in [6.07, 6.45) is -0.287. The van der Waals surface area contributed by atoms with Crippen LogP contribution < -0.4 is 4.90 Å². The average Bonchev–Trinajstić information content (AvgIpc) is 2.35. The number of anilines is 1. The van der Waals surface area contributed by atoms with E-state index in [0.29, 0.717) is 17.7 Å². The maximum absolute atomic E-state index is 12.3. The van der Waals surface area contributed by atoms with Gasteiger partial charge in [0.25, 0.3) is 0 Å². The van der Waals surface area contributed by atoms with Gasteiger partial charge in [0.2, 0.25) is 0 Å². The number of benzene rings is 1. The van der Waals surface area contributed by atoms with Gasteiger partial charge in [0, 0.05) is 12.6 Å². The van der Waals surface area contributed by atoms with Crippen molar-refractivity contribution in [2.24, 2.45) is 5.92 Å². The number of fused-ring (bicyclic) bond motifs is 1. The summed E-state index contributed by atoms with van der Waals surface area (Å²) in [5.41, 5.74) is 0.531. The van der Waals surface area contributed by atoms with E-state index >= 15 is 0 Å². The fourth-order valence-electron chi connectivity index (χ4n) is 2.28. The lowest BCUT2D eigenvalue weighted by Crippen LogP contribution is -2.44. The Morgan fingerprint density at radius 2 is 2.00 bits per heavy atom. The largest absolute Gasteiger partial charge is 0.508 e. The molecular formula is C15H19NO5. The second kappa shape index (κ2) is 5.27. The zero-order valence-corrected chi connectivity index (χ0v) is 12.3. The number of carboxylic acid groups (broad SMARTS) is 1. The minimum atomic E-state index is -0.956. The molecular weight excluding hydrogens is 274 g/mol. The normalized spacial score (nSPS) is 18.0. The number of carbonyl (C=O) groups is 2.